The first-order chi connectivity index (χ1) is 13.3. The number of anilines is 1. The number of carbonyl (C=O) groups is 1. The van der Waals surface area contributed by atoms with Crippen molar-refractivity contribution >= 4 is 32.6 Å². The quantitative estimate of drug-likeness (QED) is 0.879. The number of piperidine rings is 2. The Bertz CT molecular complexity index is 776. The fourth-order valence-corrected chi connectivity index (χ4v) is 5.53. The van der Waals surface area contributed by atoms with E-state index in [0.717, 1.165) is 49.7 Å². The summed E-state index contributed by atoms with van der Waals surface area (Å²) >= 11 is 1.80. The molecule has 0 spiro atoms. The van der Waals surface area contributed by atoms with Crippen molar-refractivity contribution in [3.05, 3.63) is 24.3 Å². The number of thiazole rings is 1. The van der Waals surface area contributed by atoms with Crippen molar-refractivity contribution in [3.8, 4) is 0 Å². The van der Waals surface area contributed by atoms with Gasteiger partial charge in [-0.2, -0.15) is 0 Å². The van der Waals surface area contributed by atoms with E-state index in [-0.39, 0.29) is 5.92 Å². The van der Waals surface area contributed by atoms with E-state index >= 15 is 0 Å². The normalized spacial score (nSPS) is 25.0. The van der Waals surface area contributed by atoms with Gasteiger partial charge in [-0.15, -0.1) is 0 Å². The zero-order valence-corrected chi connectivity index (χ0v) is 16.6. The lowest BCUT2D eigenvalue weighted by molar-refractivity contribution is -0.127. The molecule has 1 unspecified atom stereocenters. The Balaban J connectivity index is 1.18. The highest BCUT2D eigenvalue weighted by atomic mass is 32.1. The SMILES string of the molecule is O=C(NC1CC1)C1CCCN(C2CCN(c3nc4ccccc4s3)CC2)C1. The molecule has 1 aromatic heterocycles. The molecule has 1 amide bonds. The van der Waals surface area contributed by atoms with E-state index in [1.54, 1.807) is 11.3 Å². The minimum atomic E-state index is 0.196. The molecule has 2 saturated heterocycles. The minimum Gasteiger partial charge on any atom is -0.353 e. The van der Waals surface area contributed by atoms with Gasteiger partial charge in [-0.25, -0.2) is 4.98 Å². The molecule has 2 aromatic rings. The van der Waals surface area contributed by atoms with Crippen LogP contribution in [0.1, 0.15) is 38.5 Å². The minimum absolute atomic E-state index is 0.196. The van der Waals surface area contributed by atoms with Crippen LogP contribution in [0.5, 0.6) is 0 Å². The van der Waals surface area contributed by atoms with Crippen molar-refractivity contribution in [2.24, 2.45) is 5.92 Å². The summed E-state index contributed by atoms with van der Waals surface area (Å²) in [5.41, 5.74) is 1.11. The Hall–Kier alpha value is -1.66. The number of para-hydroxylation sites is 1. The maximum Gasteiger partial charge on any atom is 0.224 e. The molecule has 0 radical (unpaired) electrons. The number of nitrogens with one attached hydrogen (secondary N) is 1. The van der Waals surface area contributed by atoms with Crippen LogP contribution in [0.15, 0.2) is 24.3 Å². The van der Waals surface area contributed by atoms with Gasteiger partial charge in [-0.05, 0) is 57.2 Å². The van der Waals surface area contributed by atoms with Crippen LogP contribution in [0.25, 0.3) is 10.2 Å². The van der Waals surface area contributed by atoms with Gasteiger partial charge in [0.1, 0.15) is 0 Å². The standard InChI is InChI=1S/C21H28N4OS/c26-20(22-16-7-8-16)15-4-3-11-25(14-15)17-9-12-24(13-10-17)21-23-18-5-1-2-6-19(18)27-21/h1-2,5-6,15-17H,3-4,7-14H2,(H,22,26). The first-order valence-electron chi connectivity index (χ1n) is 10.4. The summed E-state index contributed by atoms with van der Waals surface area (Å²) in [6, 6.07) is 9.50. The van der Waals surface area contributed by atoms with Crippen molar-refractivity contribution in [1.82, 2.24) is 15.2 Å². The molecular weight excluding hydrogens is 356 g/mol. The van der Waals surface area contributed by atoms with Gasteiger partial charge >= 0.3 is 0 Å². The Morgan fingerprint density at radius 3 is 2.67 bits per heavy atom. The molecule has 27 heavy (non-hydrogen) atoms. The molecule has 3 fully saturated rings. The first-order valence-corrected chi connectivity index (χ1v) is 11.2. The van der Waals surface area contributed by atoms with Crippen molar-refractivity contribution in [2.45, 2.75) is 50.6 Å². The van der Waals surface area contributed by atoms with E-state index in [1.807, 2.05) is 0 Å². The zero-order chi connectivity index (χ0) is 18.2. The van der Waals surface area contributed by atoms with E-state index < -0.39 is 0 Å². The van der Waals surface area contributed by atoms with Gasteiger partial charge < -0.3 is 10.2 Å². The highest BCUT2D eigenvalue weighted by molar-refractivity contribution is 7.22. The van der Waals surface area contributed by atoms with Gasteiger partial charge in [0.2, 0.25) is 5.91 Å². The molecule has 1 atom stereocenters. The largest absolute Gasteiger partial charge is 0.353 e. The van der Waals surface area contributed by atoms with Crippen LogP contribution in [0.3, 0.4) is 0 Å². The molecule has 0 bridgehead atoms. The third-order valence-electron chi connectivity index (χ3n) is 6.28. The molecule has 1 N–H and O–H groups in total. The van der Waals surface area contributed by atoms with E-state index in [1.165, 1.54) is 30.4 Å². The number of hydrogen-bond donors (Lipinski definition) is 1. The van der Waals surface area contributed by atoms with Crippen LogP contribution >= 0.6 is 11.3 Å². The van der Waals surface area contributed by atoms with E-state index in [0.29, 0.717) is 18.0 Å². The van der Waals surface area contributed by atoms with Gasteiger partial charge in [0.25, 0.3) is 0 Å². The molecule has 1 aliphatic carbocycles. The monoisotopic (exact) mass is 384 g/mol. The molecule has 2 aliphatic heterocycles. The van der Waals surface area contributed by atoms with Crippen LogP contribution in [0.4, 0.5) is 5.13 Å². The smallest absolute Gasteiger partial charge is 0.224 e. The maximum absolute atomic E-state index is 12.4. The second kappa shape index (κ2) is 7.40. The Morgan fingerprint density at radius 1 is 1.07 bits per heavy atom. The second-order valence-electron chi connectivity index (χ2n) is 8.30. The topological polar surface area (TPSA) is 48.5 Å². The van der Waals surface area contributed by atoms with E-state index in [4.69, 9.17) is 4.98 Å². The second-order valence-corrected chi connectivity index (χ2v) is 9.31. The molecule has 144 valence electrons. The van der Waals surface area contributed by atoms with Gasteiger partial charge in [0.05, 0.1) is 16.1 Å². The lowest BCUT2D eigenvalue weighted by atomic mass is 9.93. The summed E-state index contributed by atoms with van der Waals surface area (Å²) < 4.78 is 1.27. The summed E-state index contributed by atoms with van der Waals surface area (Å²) in [4.78, 5) is 22.3. The number of likely N-dealkylation sites (tertiary alicyclic amines) is 1. The maximum atomic E-state index is 12.4. The third kappa shape index (κ3) is 3.83. The molecule has 3 heterocycles. The van der Waals surface area contributed by atoms with Gasteiger partial charge in [-0.3, -0.25) is 9.69 Å². The number of fused-ring (bicyclic) bond motifs is 1. The number of aromatic nitrogens is 1. The fourth-order valence-electron chi connectivity index (χ4n) is 4.52. The molecule has 5 nitrogen and oxygen atoms in total. The summed E-state index contributed by atoms with van der Waals surface area (Å²) in [5.74, 6) is 0.496. The first kappa shape index (κ1) is 17.4. The van der Waals surface area contributed by atoms with Gasteiger partial charge in [-0.1, -0.05) is 23.5 Å². The number of rotatable bonds is 4. The average Bonchev–Trinajstić information content (AvgIpc) is 3.42. The Morgan fingerprint density at radius 2 is 1.89 bits per heavy atom. The molecule has 6 heteroatoms. The number of carbonyl (C=O) groups excluding carboxylic acids is 1. The van der Waals surface area contributed by atoms with Crippen LogP contribution in [-0.2, 0) is 4.79 Å². The zero-order valence-electron chi connectivity index (χ0n) is 15.8. The molecular formula is C21H28N4OS. The number of hydrogen-bond acceptors (Lipinski definition) is 5. The number of benzene rings is 1. The summed E-state index contributed by atoms with van der Waals surface area (Å²) in [6.45, 7) is 4.24. The summed E-state index contributed by atoms with van der Waals surface area (Å²) in [7, 11) is 0. The van der Waals surface area contributed by atoms with Crippen molar-refractivity contribution in [1.29, 1.82) is 0 Å². The summed E-state index contributed by atoms with van der Waals surface area (Å²) in [6.07, 6.45) is 6.90. The molecule has 1 aromatic carbocycles. The lowest BCUT2D eigenvalue weighted by Gasteiger charge is -2.42. The fraction of sp³-hybridized carbons (Fsp3) is 0.619. The molecule has 3 aliphatic rings. The highest BCUT2D eigenvalue weighted by Gasteiger charge is 2.34. The lowest BCUT2D eigenvalue weighted by Crippen LogP contribution is -2.51. The average molecular weight is 385 g/mol. The van der Waals surface area contributed by atoms with E-state index in [9.17, 15) is 4.79 Å². The Kier molecular flexibility index (Phi) is 4.78. The number of amides is 1. The van der Waals surface area contributed by atoms with Crippen LogP contribution in [-0.4, -0.2) is 54.1 Å². The molecule has 1 saturated carbocycles. The van der Waals surface area contributed by atoms with Crippen molar-refractivity contribution in [2.75, 3.05) is 31.1 Å². The van der Waals surface area contributed by atoms with Crippen LogP contribution in [0, 0.1) is 5.92 Å². The molecule has 5 rings (SSSR count). The highest BCUT2D eigenvalue weighted by Crippen LogP contribution is 2.32. The Labute approximate surface area is 164 Å². The van der Waals surface area contributed by atoms with Gasteiger partial charge in [0.15, 0.2) is 5.13 Å². The number of nitrogens with zero attached hydrogens (tertiary/aromatic N) is 3. The predicted molar refractivity (Wildman–Crippen MR) is 110 cm³/mol. The van der Waals surface area contributed by atoms with E-state index in [2.05, 4.69) is 39.4 Å². The van der Waals surface area contributed by atoms with Crippen LogP contribution < -0.4 is 10.2 Å². The third-order valence-corrected chi connectivity index (χ3v) is 7.38. The van der Waals surface area contributed by atoms with Crippen molar-refractivity contribution in [3.63, 3.8) is 0 Å². The van der Waals surface area contributed by atoms with Crippen LogP contribution in [0.2, 0.25) is 0 Å². The van der Waals surface area contributed by atoms with Gasteiger partial charge in [0, 0.05) is 31.7 Å². The van der Waals surface area contributed by atoms with Crippen molar-refractivity contribution < 1.29 is 4.79 Å². The summed E-state index contributed by atoms with van der Waals surface area (Å²) in [5, 5.41) is 4.37. The predicted octanol–water partition coefficient (Wildman–Crippen LogP) is 3.26.